The average molecular weight is 622 g/mol. The number of rotatable bonds is 10. The van der Waals surface area contributed by atoms with Crippen LogP contribution in [-0.4, -0.2) is 37.4 Å². The van der Waals surface area contributed by atoms with Crippen LogP contribution < -0.4 is 18.9 Å². The number of fused-ring (bicyclic) bond motifs is 1. The van der Waals surface area contributed by atoms with Crippen LogP contribution in [0.2, 0.25) is 0 Å². The summed E-state index contributed by atoms with van der Waals surface area (Å²) in [6.45, 7) is 9.01. The Kier molecular flexibility index (Phi) is 10.2. The van der Waals surface area contributed by atoms with E-state index < -0.39 is 11.6 Å². The number of nitrogens with zero attached hydrogens (tertiary/aromatic N) is 1. The van der Waals surface area contributed by atoms with Crippen molar-refractivity contribution in [2.75, 3.05) is 20.8 Å². The van der Waals surface area contributed by atoms with Crippen molar-refractivity contribution in [3.8, 4) is 23.0 Å². The smallest absolute Gasteiger partial charge is 0.411 e. The number of aryl methyl sites for hydroxylation is 1. The van der Waals surface area contributed by atoms with Gasteiger partial charge in [0.2, 0.25) is 0 Å². The molecule has 0 spiro atoms. The molecule has 1 aliphatic rings. The van der Waals surface area contributed by atoms with Gasteiger partial charge in [-0.2, -0.15) is 0 Å². The van der Waals surface area contributed by atoms with Gasteiger partial charge in [0.25, 0.3) is 0 Å². The van der Waals surface area contributed by atoms with Gasteiger partial charge in [-0.3, -0.25) is 4.90 Å². The second kappa shape index (κ2) is 14.5. The Bertz CT molecular complexity index is 1660. The van der Waals surface area contributed by atoms with Crippen LogP contribution in [0.1, 0.15) is 60.2 Å². The van der Waals surface area contributed by atoms with E-state index in [0.29, 0.717) is 49.2 Å². The van der Waals surface area contributed by atoms with E-state index in [2.05, 4.69) is 0 Å². The number of methoxy groups -OCH3 is 2. The molecule has 0 radical (unpaired) electrons. The van der Waals surface area contributed by atoms with Crippen LogP contribution in [0, 0.1) is 6.92 Å². The number of ether oxygens (including phenoxy) is 5. The van der Waals surface area contributed by atoms with Crippen LogP contribution in [-0.2, 0) is 24.4 Å². The Hall–Kier alpha value is -4.91. The zero-order valence-electron chi connectivity index (χ0n) is 27.5. The molecule has 1 unspecified atom stereocenters. The minimum Gasteiger partial charge on any atom is -0.493 e. The zero-order chi connectivity index (χ0) is 32.7. The van der Waals surface area contributed by atoms with Crippen molar-refractivity contribution in [1.29, 1.82) is 0 Å². The van der Waals surface area contributed by atoms with Crippen molar-refractivity contribution in [1.82, 2.24) is 4.90 Å². The van der Waals surface area contributed by atoms with Crippen molar-refractivity contribution in [3.05, 3.63) is 124 Å². The molecule has 46 heavy (non-hydrogen) atoms. The molecule has 7 nitrogen and oxygen atoms in total. The van der Waals surface area contributed by atoms with Crippen LogP contribution in [0.15, 0.2) is 91.0 Å². The highest BCUT2D eigenvalue weighted by Gasteiger charge is 2.33. The molecule has 1 amide bonds. The highest BCUT2D eigenvalue weighted by molar-refractivity contribution is 5.71. The van der Waals surface area contributed by atoms with Crippen LogP contribution in [0.4, 0.5) is 4.79 Å². The number of carbonyl (C=O) groups excluding carboxylic acids is 1. The standard InChI is InChI=1S/C39H43NO6/c1-27-21-34(42-5)36(44-25-28-13-9-7-10-14-28)22-30(27)17-18-33-32-24-35(43-6)37(45-26-29-15-11-8-12-16-29)23-31(32)19-20-40(33)38(41)46-39(2,3)4/h7-18,21-24,33H,19-20,25-26H2,1-6H3/b18-17+. The van der Waals surface area contributed by atoms with E-state index >= 15 is 0 Å². The molecule has 7 heteroatoms. The summed E-state index contributed by atoms with van der Waals surface area (Å²) in [6.07, 6.45) is 4.37. The van der Waals surface area contributed by atoms with E-state index in [0.717, 1.165) is 33.4 Å². The second-order valence-corrected chi connectivity index (χ2v) is 12.3. The monoisotopic (exact) mass is 621 g/mol. The molecule has 5 rings (SSSR count). The number of carbonyl (C=O) groups is 1. The quantitative estimate of drug-likeness (QED) is 0.176. The molecule has 0 saturated heterocycles. The van der Waals surface area contributed by atoms with Crippen LogP contribution >= 0.6 is 0 Å². The zero-order valence-corrected chi connectivity index (χ0v) is 27.5. The van der Waals surface area contributed by atoms with Gasteiger partial charge in [0.1, 0.15) is 18.8 Å². The Morgan fingerprint density at radius 2 is 1.37 bits per heavy atom. The van der Waals surface area contributed by atoms with E-state index in [1.807, 2.05) is 125 Å². The van der Waals surface area contributed by atoms with Gasteiger partial charge in [-0.05, 0) is 91.8 Å². The molecule has 0 aliphatic carbocycles. The lowest BCUT2D eigenvalue weighted by Crippen LogP contribution is -2.42. The number of hydrogen-bond acceptors (Lipinski definition) is 6. The third-order valence-electron chi connectivity index (χ3n) is 7.81. The molecule has 0 aromatic heterocycles. The minimum atomic E-state index is -0.629. The molecule has 1 atom stereocenters. The van der Waals surface area contributed by atoms with E-state index in [1.165, 1.54) is 0 Å². The first-order chi connectivity index (χ1) is 22.1. The molecule has 4 aromatic rings. The van der Waals surface area contributed by atoms with Crippen molar-refractivity contribution in [3.63, 3.8) is 0 Å². The van der Waals surface area contributed by atoms with Gasteiger partial charge in [-0.15, -0.1) is 0 Å². The summed E-state index contributed by atoms with van der Waals surface area (Å²) in [5.41, 5.74) is 5.53. The first kappa shape index (κ1) is 32.5. The van der Waals surface area contributed by atoms with Crippen molar-refractivity contribution in [2.24, 2.45) is 0 Å². The maximum absolute atomic E-state index is 13.5. The van der Waals surface area contributed by atoms with Crippen molar-refractivity contribution >= 4 is 12.2 Å². The minimum absolute atomic E-state index is 0.366. The van der Waals surface area contributed by atoms with Gasteiger partial charge in [0, 0.05) is 6.54 Å². The van der Waals surface area contributed by atoms with Crippen molar-refractivity contribution < 1.29 is 28.5 Å². The van der Waals surface area contributed by atoms with Crippen LogP contribution in [0.25, 0.3) is 6.08 Å². The first-order valence-corrected chi connectivity index (χ1v) is 15.6. The molecule has 1 heterocycles. The predicted molar refractivity (Wildman–Crippen MR) is 181 cm³/mol. The summed E-state index contributed by atoms with van der Waals surface area (Å²) >= 11 is 0. The maximum atomic E-state index is 13.5. The fourth-order valence-electron chi connectivity index (χ4n) is 5.46. The SMILES string of the molecule is COc1cc(C)c(/C=C/C2c3cc(OC)c(OCc4ccccc4)cc3CCN2C(=O)OC(C)(C)C)cc1OCc1ccccc1. The van der Waals surface area contributed by atoms with E-state index in [1.54, 1.807) is 19.1 Å². The van der Waals surface area contributed by atoms with Gasteiger partial charge >= 0.3 is 6.09 Å². The fourth-order valence-corrected chi connectivity index (χ4v) is 5.46. The molecule has 0 saturated carbocycles. The normalized spacial score (nSPS) is 14.5. The summed E-state index contributed by atoms with van der Waals surface area (Å²) in [4.78, 5) is 15.3. The summed E-state index contributed by atoms with van der Waals surface area (Å²) in [5.74, 6) is 2.59. The van der Waals surface area contributed by atoms with E-state index in [4.69, 9.17) is 23.7 Å². The molecule has 0 N–H and O–H groups in total. The van der Waals surface area contributed by atoms with Gasteiger partial charge in [-0.25, -0.2) is 4.79 Å². The molecular weight excluding hydrogens is 578 g/mol. The Balaban J connectivity index is 1.48. The fraction of sp³-hybridized carbons (Fsp3) is 0.308. The molecule has 240 valence electrons. The van der Waals surface area contributed by atoms with Gasteiger partial charge in [0.15, 0.2) is 23.0 Å². The first-order valence-electron chi connectivity index (χ1n) is 15.6. The van der Waals surface area contributed by atoms with Gasteiger partial charge in [-0.1, -0.05) is 72.8 Å². The van der Waals surface area contributed by atoms with E-state index in [-0.39, 0.29) is 6.09 Å². The van der Waals surface area contributed by atoms with Crippen LogP contribution in [0.3, 0.4) is 0 Å². The van der Waals surface area contributed by atoms with Crippen LogP contribution in [0.5, 0.6) is 23.0 Å². The Morgan fingerprint density at radius 3 is 1.93 bits per heavy atom. The van der Waals surface area contributed by atoms with Crippen molar-refractivity contribution in [2.45, 2.75) is 59.0 Å². The predicted octanol–water partition coefficient (Wildman–Crippen LogP) is 8.72. The van der Waals surface area contributed by atoms with Gasteiger partial charge in [0.05, 0.1) is 20.3 Å². The lowest BCUT2D eigenvalue weighted by atomic mass is 9.91. The molecule has 0 bridgehead atoms. The topological polar surface area (TPSA) is 66.5 Å². The highest BCUT2D eigenvalue weighted by atomic mass is 16.6. The van der Waals surface area contributed by atoms with Gasteiger partial charge < -0.3 is 23.7 Å². The molecular formula is C39H43NO6. The highest BCUT2D eigenvalue weighted by Crippen LogP contribution is 2.40. The third-order valence-corrected chi connectivity index (χ3v) is 7.81. The second-order valence-electron chi connectivity index (χ2n) is 12.3. The van der Waals surface area contributed by atoms with E-state index in [9.17, 15) is 4.79 Å². The number of hydrogen-bond donors (Lipinski definition) is 0. The largest absolute Gasteiger partial charge is 0.493 e. The molecule has 0 fully saturated rings. The molecule has 4 aromatic carbocycles. The third kappa shape index (κ3) is 8.02. The Morgan fingerprint density at radius 1 is 0.804 bits per heavy atom. The number of amides is 1. The number of benzene rings is 4. The lowest BCUT2D eigenvalue weighted by molar-refractivity contribution is 0.0185. The Labute approximate surface area is 272 Å². The summed E-state index contributed by atoms with van der Waals surface area (Å²) in [6, 6.07) is 27.6. The molecule has 1 aliphatic heterocycles. The average Bonchev–Trinajstić information content (AvgIpc) is 3.05. The summed E-state index contributed by atoms with van der Waals surface area (Å²) < 4.78 is 29.7. The lowest BCUT2D eigenvalue weighted by Gasteiger charge is -2.37. The maximum Gasteiger partial charge on any atom is 0.411 e. The summed E-state index contributed by atoms with van der Waals surface area (Å²) in [5, 5.41) is 0. The summed E-state index contributed by atoms with van der Waals surface area (Å²) in [7, 11) is 3.27.